The summed E-state index contributed by atoms with van der Waals surface area (Å²) in [6, 6.07) is 17.5. The largest absolute Gasteiger partial charge is 0.292 e. The molecular weight excluding hydrogens is 278 g/mol. The first kappa shape index (κ1) is 13.5. The first-order valence-electron chi connectivity index (χ1n) is 6.67. The van der Waals surface area contributed by atoms with Crippen molar-refractivity contribution in [2.24, 2.45) is 0 Å². The molecule has 3 rings (SSSR count). The first-order chi connectivity index (χ1) is 10.2. The Morgan fingerprint density at radius 2 is 2.00 bits per heavy atom. The average molecular weight is 291 g/mol. The molecule has 21 heavy (non-hydrogen) atoms. The van der Waals surface area contributed by atoms with Gasteiger partial charge in [0.2, 0.25) is 0 Å². The Morgan fingerprint density at radius 1 is 1.19 bits per heavy atom. The normalized spacial score (nSPS) is 12.0. The summed E-state index contributed by atoms with van der Waals surface area (Å²) in [6.07, 6.45) is 0. The van der Waals surface area contributed by atoms with Gasteiger partial charge in [-0.3, -0.25) is 4.79 Å². The smallest absolute Gasteiger partial charge is 0.185 e. The first-order valence-corrected chi connectivity index (χ1v) is 7.55. The predicted octanol–water partition coefficient (Wildman–Crippen LogP) is 4.70. The van der Waals surface area contributed by atoms with Crippen LogP contribution in [-0.2, 0) is 0 Å². The molecule has 1 aromatic heterocycles. The fourth-order valence-electron chi connectivity index (χ4n) is 2.46. The van der Waals surface area contributed by atoms with Gasteiger partial charge in [0.25, 0.3) is 0 Å². The summed E-state index contributed by atoms with van der Waals surface area (Å²) in [5, 5.41) is 12.2. The van der Waals surface area contributed by atoms with Gasteiger partial charge in [0.15, 0.2) is 5.78 Å². The van der Waals surface area contributed by atoms with Crippen molar-refractivity contribution in [3.63, 3.8) is 0 Å². The molecule has 0 saturated carbocycles. The van der Waals surface area contributed by atoms with Crippen LogP contribution in [0.3, 0.4) is 0 Å². The van der Waals surface area contributed by atoms with E-state index in [1.807, 2.05) is 60.8 Å². The Bertz CT molecular complexity index is 857. The van der Waals surface area contributed by atoms with Gasteiger partial charge < -0.3 is 0 Å². The monoisotopic (exact) mass is 291 g/mol. The van der Waals surface area contributed by atoms with Gasteiger partial charge in [-0.2, -0.15) is 5.26 Å². The number of carbonyl (C=O) groups excluding carboxylic acids is 1. The lowest BCUT2D eigenvalue weighted by molar-refractivity contribution is 0.0981. The van der Waals surface area contributed by atoms with Gasteiger partial charge in [0, 0.05) is 21.0 Å². The maximum absolute atomic E-state index is 12.7. The van der Waals surface area contributed by atoms with Crippen LogP contribution in [0.4, 0.5) is 0 Å². The number of hydrogen-bond acceptors (Lipinski definition) is 3. The van der Waals surface area contributed by atoms with E-state index in [1.165, 1.54) is 11.3 Å². The van der Waals surface area contributed by atoms with Gasteiger partial charge in [0.05, 0.1) is 6.07 Å². The standard InChI is InChI=1S/C18H13NOS/c1-12-5-4-6-13(9-12)15(10-19)18(20)16-11-21-17-8-3-2-7-14(16)17/h2-9,11,15H,1H3. The highest BCUT2D eigenvalue weighted by Crippen LogP contribution is 2.30. The predicted molar refractivity (Wildman–Crippen MR) is 85.7 cm³/mol. The Labute approximate surface area is 127 Å². The molecule has 0 N–H and O–H groups in total. The fourth-order valence-corrected chi connectivity index (χ4v) is 3.41. The molecule has 0 aliphatic heterocycles. The van der Waals surface area contributed by atoms with Crippen molar-refractivity contribution in [1.29, 1.82) is 5.26 Å². The van der Waals surface area contributed by atoms with Gasteiger partial charge in [-0.25, -0.2) is 0 Å². The molecule has 0 spiro atoms. The van der Waals surface area contributed by atoms with Crippen molar-refractivity contribution in [3.8, 4) is 6.07 Å². The second-order valence-corrected chi connectivity index (χ2v) is 5.90. The molecule has 0 radical (unpaired) electrons. The van der Waals surface area contributed by atoms with Crippen LogP contribution in [0.1, 0.15) is 27.4 Å². The number of nitrogens with zero attached hydrogens (tertiary/aromatic N) is 1. The van der Waals surface area contributed by atoms with Gasteiger partial charge >= 0.3 is 0 Å². The number of ketones is 1. The van der Waals surface area contributed by atoms with Crippen molar-refractivity contribution in [1.82, 2.24) is 0 Å². The Kier molecular flexibility index (Phi) is 3.55. The Morgan fingerprint density at radius 3 is 2.76 bits per heavy atom. The number of fused-ring (bicyclic) bond motifs is 1. The number of thiophene rings is 1. The molecule has 2 aromatic carbocycles. The third-order valence-corrected chi connectivity index (χ3v) is 4.48. The molecule has 102 valence electrons. The summed E-state index contributed by atoms with van der Waals surface area (Å²) in [6.45, 7) is 1.96. The summed E-state index contributed by atoms with van der Waals surface area (Å²) in [5.41, 5.74) is 2.46. The molecule has 0 saturated heterocycles. The van der Waals surface area contributed by atoms with E-state index in [0.717, 1.165) is 21.2 Å². The van der Waals surface area contributed by atoms with Crippen LogP contribution in [0.5, 0.6) is 0 Å². The van der Waals surface area contributed by atoms with E-state index in [2.05, 4.69) is 6.07 Å². The minimum absolute atomic E-state index is 0.124. The number of aryl methyl sites for hydroxylation is 1. The van der Waals surface area contributed by atoms with Crippen molar-refractivity contribution in [3.05, 3.63) is 70.6 Å². The van der Waals surface area contributed by atoms with Crippen molar-refractivity contribution in [2.75, 3.05) is 0 Å². The van der Waals surface area contributed by atoms with E-state index in [9.17, 15) is 10.1 Å². The molecule has 0 fully saturated rings. The molecule has 1 atom stereocenters. The van der Waals surface area contributed by atoms with Crippen molar-refractivity contribution >= 4 is 27.2 Å². The maximum atomic E-state index is 12.7. The quantitative estimate of drug-likeness (QED) is 0.656. The highest BCUT2D eigenvalue weighted by molar-refractivity contribution is 7.17. The molecule has 2 nitrogen and oxygen atoms in total. The summed E-state index contributed by atoms with van der Waals surface area (Å²) in [7, 11) is 0. The maximum Gasteiger partial charge on any atom is 0.185 e. The second-order valence-electron chi connectivity index (χ2n) is 4.99. The van der Waals surface area contributed by atoms with Crippen molar-refractivity contribution in [2.45, 2.75) is 12.8 Å². The molecule has 0 aliphatic rings. The van der Waals surface area contributed by atoms with Crippen LogP contribution in [0.25, 0.3) is 10.1 Å². The van der Waals surface area contributed by atoms with Gasteiger partial charge in [-0.1, -0.05) is 48.0 Å². The summed E-state index contributed by atoms with van der Waals surface area (Å²) < 4.78 is 1.07. The number of rotatable bonds is 3. The number of nitriles is 1. The van der Waals surface area contributed by atoms with Crippen LogP contribution in [0, 0.1) is 18.3 Å². The third kappa shape index (κ3) is 2.46. The lowest BCUT2D eigenvalue weighted by Gasteiger charge is -2.09. The van der Waals surface area contributed by atoms with Gasteiger partial charge in [-0.05, 0) is 18.6 Å². The zero-order valence-corrected chi connectivity index (χ0v) is 12.4. The van der Waals surface area contributed by atoms with E-state index in [4.69, 9.17) is 0 Å². The molecule has 0 aliphatic carbocycles. The zero-order chi connectivity index (χ0) is 14.8. The number of carbonyl (C=O) groups is 1. The van der Waals surface area contributed by atoms with E-state index in [-0.39, 0.29) is 5.78 Å². The second kappa shape index (κ2) is 5.51. The number of hydrogen-bond donors (Lipinski definition) is 0. The summed E-state index contributed by atoms with van der Waals surface area (Å²) >= 11 is 1.54. The molecule has 1 unspecified atom stereocenters. The van der Waals surface area contributed by atoms with E-state index >= 15 is 0 Å². The molecule has 1 heterocycles. The highest BCUT2D eigenvalue weighted by atomic mass is 32.1. The average Bonchev–Trinajstić information content (AvgIpc) is 2.92. The van der Waals surface area contributed by atoms with Crippen LogP contribution >= 0.6 is 11.3 Å². The number of benzene rings is 2. The van der Waals surface area contributed by atoms with Gasteiger partial charge in [0.1, 0.15) is 5.92 Å². The van der Waals surface area contributed by atoms with E-state index < -0.39 is 5.92 Å². The summed E-state index contributed by atoms with van der Waals surface area (Å²) in [5.74, 6) is -0.872. The van der Waals surface area contributed by atoms with Crippen molar-refractivity contribution < 1.29 is 4.79 Å². The lowest BCUT2D eigenvalue weighted by atomic mass is 9.91. The lowest BCUT2D eigenvalue weighted by Crippen LogP contribution is -2.10. The SMILES string of the molecule is Cc1cccc(C(C#N)C(=O)c2csc3ccccc23)c1. The van der Waals surface area contributed by atoms with E-state index in [0.29, 0.717) is 5.56 Å². The van der Waals surface area contributed by atoms with Crippen LogP contribution in [0.2, 0.25) is 0 Å². The highest BCUT2D eigenvalue weighted by Gasteiger charge is 2.24. The topological polar surface area (TPSA) is 40.9 Å². The molecule has 0 amide bonds. The molecule has 3 heteroatoms. The van der Waals surface area contributed by atoms with Crippen LogP contribution in [0.15, 0.2) is 53.9 Å². The molecule has 0 bridgehead atoms. The summed E-state index contributed by atoms with van der Waals surface area (Å²) in [4.78, 5) is 12.7. The van der Waals surface area contributed by atoms with E-state index in [1.54, 1.807) is 0 Å². The zero-order valence-electron chi connectivity index (χ0n) is 11.5. The minimum atomic E-state index is -0.747. The Balaban J connectivity index is 2.06. The third-order valence-electron chi connectivity index (χ3n) is 3.51. The van der Waals surface area contributed by atoms with Crippen LogP contribution < -0.4 is 0 Å². The van der Waals surface area contributed by atoms with Crippen LogP contribution in [-0.4, -0.2) is 5.78 Å². The molecule has 3 aromatic rings. The molecular formula is C18H13NOS. The number of Topliss-reactive ketones (excluding diaryl/α,β-unsaturated/α-hetero) is 1. The van der Waals surface area contributed by atoms with Gasteiger partial charge in [-0.15, -0.1) is 11.3 Å². The Hall–Kier alpha value is -2.44. The minimum Gasteiger partial charge on any atom is -0.292 e. The fraction of sp³-hybridized carbons (Fsp3) is 0.111.